The van der Waals surface area contributed by atoms with E-state index in [1.165, 1.54) is 18.2 Å². The zero-order chi connectivity index (χ0) is 20.7. The van der Waals surface area contributed by atoms with Crippen molar-refractivity contribution >= 4 is 28.3 Å². The zero-order valence-electron chi connectivity index (χ0n) is 16.6. The van der Waals surface area contributed by atoms with Crippen LogP contribution in [0.15, 0.2) is 46.2 Å². The van der Waals surface area contributed by atoms with Crippen molar-refractivity contribution < 1.29 is 25.4 Å². The van der Waals surface area contributed by atoms with Crippen LogP contribution in [0.4, 0.5) is 0 Å². The zero-order valence-corrected chi connectivity index (χ0v) is 19.2. The molecule has 0 fully saturated rings. The third-order valence-electron chi connectivity index (χ3n) is 5.02. The molecule has 152 valence electrons. The molecular weight excluding hydrogens is 404 g/mol. The predicted molar refractivity (Wildman–Crippen MR) is 108 cm³/mol. The molecule has 0 unspecified atom stereocenters. The van der Waals surface area contributed by atoms with Gasteiger partial charge in [0.25, 0.3) is 10.1 Å². The van der Waals surface area contributed by atoms with E-state index >= 15 is 0 Å². The molecule has 0 spiro atoms. The Morgan fingerprint density at radius 3 is 2.07 bits per heavy atom. The van der Waals surface area contributed by atoms with Gasteiger partial charge in [-0.15, -0.1) is 0 Å². The van der Waals surface area contributed by atoms with Gasteiger partial charge in [-0.05, 0) is 36.3 Å². The molecule has 0 amide bonds. The van der Waals surface area contributed by atoms with E-state index in [9.17, 15) is 16.8 Å². The molecule has 6 nitrogen and oxygen atoms in total. The van der Waals surface area contributed by atoms with Crippen LogP contribution in [-0.4, -0.2) is 43.6 Å². The summed E-state index contributed by atoms with van der Waals surface area (Å²) in [7, 11) is -9.88. The second-order valence-electron chi connectivity index (χ2n) is 8.33. The van der Waals surface area contributed by atoms with Crippen LogP contribution in [0.1, 0.15) is 27.2 Å². The lowest BCUT2D eigenvalue weighted by Gasteiger charge is -2.38. The first kappa shape index (κ1) is 22.3. The molecule has 0 aromatic heterocycles. The lowest BCUT2D eigenvalue weighted by Crippen LogP contribution is -2.43. The largest absolute Gasteiger partial charge is 0.410 e. The Bertz CT molecular complexity index is 912. The Kier molecular flexibility index (Phi) is 6.14. The molecule has 0 radical (unpaired) electrons. The van der Waals surface area contributed by atoms with Crippen molar-refractivity contribution in [2.45, 2.75) is 62.4 Å². The minimum atomic E-state index is -3.88. The SMILES string of the molecule is CC(C)(C)[Si](C)(C)O[C@H]1C=C(S(=O)(=O)c2ccccc2)[C@@H](OS(C)(=O)=O)C1. The first-order chi connectivity index (χ1) is 12.1. The summed E-state index contributed by atoms with van der Waals surface area (Å²) < 4.78 is 60.8. The quantitative estimate of drug-likeness (QED) is 0.505. The van der Waals surface area contributed by atoms with E-state index in [2.05, 4.69) is 33.9 Å². The van der Waals surface area contributed by atoms with Gasteiger partial charge in [-0.1, -0.05) is 39.0 Å². The molecular formula is C18H28O6S2Si. The summed E-state index contributed by atoms with van der Waals surface area (Å²) in [6.45, 7) is 10.4. The molecule has 1 aromatic rings. The summed E-state index contributed by atoms with van der Waals surface area (Å²) in [5, 5.41) is -0.0604. The number of hydrogen-bond acceptors (Lipinski definition) is 6. The third kappa shape index (κ3) is 5.29. The van der Waals surface area contributed by atoms with Crippen LogP contribution >= 0.6 is 0 Å². The topological polar surface area (TPSA) is 86.7 Å². The van der Waals surface area contributed by atoms with Crippen molar-refractivity contribution in [3.63, 3.8) is 0 Å². The van der Waals surface area contributed by atoms with Gasteiger partial charge in [-0.3, -0.25) is 4.18 Å². The highest BCUT2D eigenvalue weighted by Crippen LogP contribution is 2.41. The first-order valence-corrected chi connectivity index (χ1v) is 14.9. The smallest absolute Gasteiger partial charge is 0.264 e. The van der Waals surface area contributed by atoms with E-state index in [4.69, 9.17) is 8.61 Å². The normalized spacial score (nSPS) is 21.9. The summed E-state index contributed by atoms with van der Waals surface area (Å²) in [6, 6.07) is 7.93. The van der Waals surface area contributed by atoms with Gasteiger partial charge in [0.05, 0.1) is 22.2 Å². The van der Waals surface area contributed by atoms with Gasteiger partial charge < -0.3 is 4.43 Å². The fourth-order valence-electron chi connectivity index (χ4n) is 2.62. The second-order valence-corrected chi connectivity index (χ2v) is 16.6. The lowest BCUT2D eigenvalue weighted by molar-refractivity contribution is 0.172. The summed E-state index contributed by atoms with van der Waals surface area (Å²) in [6.07, 6.45) is 0.993. The van der Waals surface area contributed by atoms with Crippen molar-refractivity contribution in [2.24, 2.45) is 0 Å². The van der Waals surface area contributed by atoms with Gasteiger partial charge >= 0.3 is 0 Å². The summed E-state index contributed by atoms with van der Waals surface area (Å²) >= 11 is 0. The maximum Gasteiger partial charge on any atom is 0.264 e. The van der Waals surface area contributed by atoms with Gasteiger partial charge in [0.15, 0.2) is 8.32 Å². The maximum absolute atomic E-state index is 13.1. The Morgan fingerprint density at radius 1 is 1.04 bits per heavy atom. The van der Waals surface area contributed by atoms with Gasteiger partial charge in [-0.25, -0.2) is 8.42 Å². The minimum absolute atomic E-state index is 0.0529. The van der Waals surface area contributed by atoms with E-state index in [0.717, 1.165) is 6.26 Å². The highest BCUT2D eigenvalue weighted by Gasteiger charge is 2.44. The molecule has 1 aliphatic rings. The molecule has 27 heavy (non-hydrogen) atoms. The monoisotopic (exact) mass is 432 g/mol. The van der Waals surface area contributed by atoms with Gasteiger partial charge in [0.1, 0.15) is 6.10 Å². The fraction of sp³-hybridized carbons (Fsp3) is 0.556. The van der Waals surface area contributed by atoms with E-state index in [0.29, 0.717) is 0 Å². The predicted octanol–water partition coefficient (Wildman–Crippen LogP) is 3.48. The molecule has 0 N–H and O–H groups in total. The van der Waals surface area contributed by atoms with Crippen molar-refractivity contribution in [1.29, 1.82) is 0 Å². The molecule has 0 saturated heterocycles. The molecule has 0 bridgehead atoms. The number of hydrogen-bond donors (Lipinski definition) is 0. The number of benzene rings is 1. The molecule has 0 aliphatic heterocycles. The van der Waals surface area contributed by atoms with Crippen molar-refractivity contribution in [1.82, 2.24) is 0 Å². The van der Waals surface area contributed by atoms with E-state index in [1.807, 2.05) is 0 Å². The van der Waals surface area contributed by atoms with Crippen molar-refractivity contribution in [3.05, 3.63) is 41.3 Å². The molecule has 2 rings (SSSR count). The molecule has 1 aliphatic carbocycles. The van der Waals surface area contributed by atoms with Crippen LogP contribution < -0.4 is 0 Å². The number of sulfone groups is 1. The third-order valence-corrected chi connectivity index (χ3v) is 12.0. The summed E-state index contributed by atoms with van der Waals surface area (Å²) in [5.41, 5.74) is 0. The van der Waals surface area contributed by atoms with E-state index in [-0.39, 0.29) is 21.3 Å². The molecule has 0 heterocycles. The number of rotatable bonds is 6. The van der Waals surface area contributed by atoms with Crippen LogP contribution in [-0.2, 0) is 28.6 Å². The molecule has 1 aromatic carbocycles. The highest BCUT2D eigenvalue weighted by atomic mass is 32.2. The molecule has 9 heteroatoms. The average molecular weight is 433 g/mol. The van der Waals surface area contributed by atoms with Crippen LogP contribution in [0.25, 0.3) is 0 Å². The average Bonchev–Trinajstić information content (AvgIpc) is 2.87. The van der Waals surface area contributed by atoms with Crippen LogP contribution in [0.3, 0.4) is 0 Å². The summed E-state index contributed by atoms with van der Waals surface area (Å²) in [4.78, 5) is 0.0501. The molecule has 2 atom stereocenters. The van der Waals surface area contributed by atoms with Crippen molar-refractivity contribution in [3.8, 4) is 0 Å². The van der Waals surface area contributed by atoms with Crippen LogP contribution in [0.5, 0.6) is 0 Å². The lowest BCUT2D eigenvalue weighted by atomic mass is 10.2. The highest BCUT2D eigenvalue weighted by molar-refractivity contribution is 7.95. The fourth-order valence-corrected chi connectivity index (χ4v) is 6.17. The Hall–Kier alpha value is -1.00. The van der Waals surface area contributed by atoms with Crippen molar-refractivity contribution in [2.75, 3.05) is 6.26 Å². The Morgan fingerprint density at radius 2 is 1.59 bits per heavy atom. The van der Waals surface area contributed by atoms with Crippen LogP contribution in [0, 0.1) is 0 Å². The minimum Gasteiger partial charge on any atom is -0.410 e. The molecule has 0 saturated carbocycles. The Labute approximate surface area is 163 Å². The van der Waals surface area contributed by atoms with Gasteiger partial charge in [0.2, 0.25) is 9.84 Å². The van der Waals surface area contributed by atoms with Gasteiger partial charge in [0, 0.05) is 6.42 Å². The Balaban J connectivity index is 2.43. The summed E-state index contributed by atoms with van der Waals surface area (Å²) in [5.74, 6) is 0. The van der Waals surface area contributed by atoms with E-state index in [1.54, 1.807) is 18.2 Å². The first-order valence-electron chi connectivity index (χ1n) is 8.71. The standard InChI is InChI=1S/C18H28O6S2Si/c1-18(2,3)27(5,6)24-14-12-16(23-25(4,19)20)17(13-14)26(21,22)15-10-8-7-9-11-15/h7-11,13-14,16H,12H2,1-6H3/t14-,16+/m1/s1. The van der Waals surface area contributed by atoms with Gasteiger partial charge in [-0.2, -0.15) is 8.42 Å². The van der Waals surface area contributed by atoms with Crippen LogP contribution in [0.2, 0.25) is 18.1 Å². The maximum atomic E-state index is 13.1. The second kappa shape index (κ2) is 7.44. The van der Waals surface area contributed by atoms with E-state index < -0.39 is 40.5 Å².